The Hall–Kier alpha value is -1.81. The van der Waals surface area contributed by atoms with Gasteiger partial charge in [0.1, 0.15) is 0 Å². The predicted octanol–water partition coefficient (Wildman–Crippen LogP) is 1.56. The molecule has 0 aliphatic carbocycles. The van der Waals surface area contributed by atoms with E-state index in [2.05, 4.69) is 10.3 Å². The summed E-state index contributed by atoms with van der Waals surface area (Å²) in [5.74, 6) is -0.102. The van der Waals surface area contributed by atoms with Crippen molar-refractivity contribution in [1.29, 1.82) is 0 Å². The third-order valence-corrected chi connectivity index (χ3v) is 2.88. The summed E-state index contributed by atoms with van der Waals surface area (Å²) in [7, 11) is 0. The molecule has 4 N–H and O–H groups in total. The van der Waals surface area contributed by atoms with Crippen molar-refractivity contribution in [2.24, 2.45) is 5.73 Å². The van der Waals surface area contributed by atoms with Crippen molar-refractivity contribution >= 4 is 16.8 Å². The smallest absolute Gasteiger partial charge is 0.237 e. The minimum atomic E-state index is -0.508. The molecule has 0 fully saturated rings. The molecule has 1 amide bonds. The van der Waals surface area contributed by atoms with E-state index in [4.69, 9.17) is 5.73 Å². The number of carbonyl (C=O) groups excluding carboxylic acids is 1. The fourth-order valence-electron chi connectivity index (χ4n) is 2.02. The van der Waals surface area contributed by atoms with Crippen molar-refractivity contribution in [3.05, 3.63) is 36.0 Å². The molecule has 4 heteroatoms. The third-order valence-electron chi connectivity index (χ3n) is 2.88. The van der Waals surface area contributed by atoms with E-state index in [0.717, 1.165) is 16.5 Å². The molecule has 0 spiro atoms. The summed E-state index contributed by atoms with van der Waals surface area (Å²) in [6, 6.07) is 7.62. The van der Waals surface area contributed by atoms with E-state index in [1.54, 1.807) is 0 Å². The van der Waals surface area contributed by atoms with Crippen LogP contribution in [0.3, 0.4) is 0 Å². The number of fused-ring (bicyclic) bond motifs is 1. The summed E-state index contributed by atoms with van der Waals surface area (Å²) in [6.45, 7) is 3.85. The van der Waals surface area contributed by atoms with E-state index in [0.29, 0.717) is 6.42 Å². The Morgan fingerprint density at radius 3 is 2.83 bits per heavy atom. The van der Waals surface area contributed by atoms with Crippen LogP contribution in [0.4, 0.5) is 0 Å². The first-order valence-electron chi connectivity index (χ1n) is 6.19. The second kappa shape index (κ2) is 5.23. The number of nitrogens with two attached hydrogens (primary N) is 1. The highest BCUT2D eigenvalue weighted by atomic mass is 16.2. The predicted molar refractivity (Wildman–Crippen MR) is 73.3 cm³/mol. The van der Waals surface area contributed by atoms with Crippen LogP contribution in [-0.4, -0.2) is 23.0 Å². The van der Waals surface area contributed by atoms with Crippen molar-refractivity contribution < 1.29 is 4.79 Å². The molecule has 2 rings (SSSR count). The van der Waals surface area contributed by atoms with Crippen molar-refractivity contribution in [3.63, 3.8) is 0 Å². The molecule has 0 saturated carbocycles. The lowest BCUT2D eigenvalue weighted by atomic mass is 10.0. The second-order valence-corrected chi connectivity index (χ2v) is 4.83. The standard InChI is InChI=1S/C14H19N3O/c1-9(2)17-14(18)12(15)7-10-8-16-13-6-4-3-5-11(10)13/h3-6,8-9,12,16H,7,15H2,1-2H3,(H,17,18)/t12-/m0/s1. The number of H-pyrrole nitrogens is 1. The number of hydrogen-bond donors (Lipinski definition) is 3. The Morgan fingerprint density at radius 2 is 2.11 bits per heavy atom. The van der Waals surface area contributed by atoms with Crippen LogP contribution in [0.2, 0.25) is 0 Å². The number of nitrogens with one attached hydrogen (secondary N) is 2. The van der Waals surface area contributed by atoms with E-state index in [-0.39, 0.29) is 11.9 Å². The molecule has 1 aromatic carbocycles. The van der Waals surface area contributed by atoms with Crippen molar-refractivity contribution in [1.82, 2.24) is 10.3 Å². The van der Waals surface area contributed by atoms with Crippen LogP contribution >= 0.6 is 0 Å². The van der Waals surface area contributed by atoms with Crippen molar-refractivity contribution in [2.75, 3.05) is 0 Å². The maximum atomic E-state index is 11.8. The van der Waals surface area contributed by atoms with E-state index in [9.17, 15) is 4.79 Å². The first kappa shape index (κ1) is 12.6. The summed E-state index contributed by atoms with van der Waals surface area (Å²) in [6.07, 6.45) is 2.47. The number of aromatic amines is 1. The normalized spacial score (nSPS) is 12.9. The molecule has 0 aliphatic heterocycles. The first-order valence-corrected chi connectivity index (χ1v) is 6.19. The van der Waals surface area contributed by atoms with Crippen LogP contribution in [0.1, 0.15) is 19.4 Å². The minimum absolute atomic E-state index is 0.102. The number of rotatable bonds is 4. The zero-order valence-corrected chi connectivity index (χ0v) is 10.7. The second-order valence-electron chi connectivity index (χ2n) is 4.83. The van der Waals surface area contributed by atoms with Gasteiger partial charge in [-0.3, -0.25) is 4.79 Å². The van der Waals surface area contributed by atoms with Gasteiger partial charge >= 0.3 is 0 Å². The summed E-state index contributed by atoms with van der Waals surface area (Å²) in [5.41, 5.74) is 8.08. The number of hydrogen-bond acceptors (Lipinski definition) is 2. The highest BCUT2D eigenvalue weighted by Gasteiger charge is 2.16. The summed E-state index contributed by atoms with van der Waals surface area (Å²) < 4.78 is 0. The number of para-hydroxylation sites is 1. The van der Waals surface area contributed by atoms with E-state index in [1.165, 1.54) is 0 Å². The van der Waals surface area contributed by atoms with Crippen molar-refractivity contribution in [2.45, 2.75) is 32.4 Å². The lowest BCUT2D eigenvalue weighted by molar-refractivity contribution is -0.122. The number of carbonyl (C=O) groups is 1. The van der Waals surface area contributed by atoms with Gasteiger partial charge in [0.05, 0.1) is 6.04 Å². The average Bonchev–Trinajstić information content (AvgIpc) is 2.72. The summed E-state index contributed by atoms with van der Waals surface area (Å²) in [4.78, 5) is 15.0. The van der Waals surface area contributed by atoms with Gasteiger partial charge in [-0.2, -0.15) is 0 Å². The van der Waals surface area contributed by atoms with Crippen molar-refractivity contribution in [3.8, 4) is 0 Å². The van der Waals surface area contributed by atoms with Crippen LogP contribution in [0.5, 0.6) is 0 Å². The molecule has 1 heterocycles. The highest BCUT2D eigenvalue weighted by molar-refractivity contribution is 5.86. The molecule has 0 radical (unpaired) electrons. The summed E-state index contributed by atoms with van der Waals surface area (Å²) >= 11 is 0. The maximum absolute atomic E-state index is 11.8. The average molecular weight is 245 g/mol. The third kappa shape index (κ3) is 2.71. The zero-order chi connectivity index (χ0) is 13.1. The fourth-order valence-corrected chi connectivity index (χ4v) is 2.02. The molecule has 2 aromatic rings. The van der Waals surface area contributed by atoms with Gasteiger partial charge in [-0.05, 0) is 31.9 Å². The van der Waals surface area contributed by atoms with Gasteiger partial charge in [0.25, 0.3) is 0 Å². The van der Waals surface area contributed by atoms with Crippen LogP contribution in [-0.2, 0) is 11.2 Å². The van der Waals surface area contributed by atoms with Crippen LogP contribution < -0.4 is 11.1 Å². The van der Waals surface area contributed by atoms with Crippen LogP contribution in [0.15, 0.2) is 30.5 Å². The number of amides is 1. The van der Waals surface area contributed by atoms with Gasteiger partial charge in [-0.25, -0.2) is 0 Å². The van der Waals surface area contributed by atoms with Gasteiger partial charge in [-0.1, -0.05) is 18.2 Å². The van der Waals surface area contributed by atoms with Gasteiger partial charge in [0, 0.05) is 23.1 Å². The monoisotopic (exact) mass is 245 g/mol. The van der Waals surface area contributed by atoms with Crippen LogP contribution in [0, 0.1) is 0 Å². The molecule has 0 unspecified atom stereocenters. The number of benzene rings is 1. The molecule has 0 aliphatic rings. The molecule has 96 valence electrons. The Kier molecular flexibility index (Phi) is 3.67. The highest BCUT2D eigenvalue weighted by Crippen LogP contribution is 2.18. The zero-order valence-electron chi connectivity index (χ0n) is 10.7. The Labute approximate surface area is 107 Å². The lowest BCUT2D eigenvalue weighted by Crippen LogP contribution is -2.44. The van der Waals surface area contributed by atoms with E-state index in [1.807, 2.05) is 44.3 Å². The Bertz CT molecular complexity index is 545. The largest absolute Gasteiger partial charge is 0.361 e. The Morgan fingerprint density at radius 1 is 1.39 bits per heavy atom. The van der Waals surface area contributed by atoms with Gasteiger partial charge in [0.2, 0.25) is 5.91 Å². The lowest BCUT2D eigenvalue weighted by Gasteiger charge is -2.14. The van der Waals surface area contributed by atoms with Gasteiger partial charge in [-0.15, -0.1) is 0 Å². The first-order chi connectivity index (χ1) is 8.58. The number of aromatic nitrogens is 1. The van der Waals surface area contributed by atoms with E-state index >= 15 is 0 Å². The maximum Gasteiger partial charge on any atom is 0.237 e. The van der Waals surface area contributed by atoms with Gasteiger partial charge in [0.15, 0.2) is 0 Å². The summed E-state index contributed by atoms with van der Waals surface area (Å²) in [5, 5.41) is 3.96. The molecule has 4 nitrogen and oxygen atoms in total. The molecule has 1 atom stereocenters. The SMILES string of the molecule is CC(C)NC(=O)[C@@H](N)Cc1c[nH]c2ccccc12. The molecular weight excluding hydrogens is 226 g/mol. The molecule has 1 aromatic heterocycles. The quantitative estimate of drug-likeness (QED) is 0.765. The molecule has 18 heavy (non-hydrogen) atoms. The van der Waals surface area contributed by atoms with Gasteiger partial charge < -0.3 is 16.0 Å². The molecule has 0 bridgehead atoms. The topological polar surface area (TPSA) is 70.9 Å². The van der Waals surface area contributed by atoms with Crippen LogP contribution in [0.25, 0.3) is 10.9 Å². The van der Waals surface area contributed by atoms with E-state index < -0.39 is 6.04 Å². The Balaban J connectivity index is 2.11. The fraction of sp³-hybridized carbons (Fsp3) is 0.357. The molecule has 0 saturated heterocycles. The molecular formula is C14H19N3O. The minimum Gasteiger partial charge on any atom is -0.361 e.